The second kappa shape index (κ2) is 6.49. The third kappa shape index (κ3) is 3.67. The molecule has 0 aliphatic rings. The van der Waals surface area contributed by atoms with E-state index in [1.165, 1.54) is 4.88 Å². The molecule has 0 bridgehead atoms. The summed E-state index contributed by atoms with van der Waals surface area (Å²) in [4.78, 5) is 10.8. The molecule has 0 radical (unpaired) electrons. The Bertz CT molecular complexity index is 626. The summed E-state index contributed by atoms with van der Waals surface area (Å²) in [6, 6.07) is 2.31. The highest BCUT2D eigenvalue weighted by Crippen LogP contribution is 2.30. The quantitative estimate of drug-likeness (QED) is 0.856. The topological polar surface area (TPSA) is 80.9 Å². The number of nitrogens with zero attached hydrogens (tertiary/aromatic N) is 2. The van der Waals surface area contributed by atoms with Crippen LogP contribution in [-0.4, -0.2) is 32.2 Å². The summed E-state index contributed by atoms with van der Waals surface area (Å²) in [6.07, 6.45) is 3.53. The van der Waals surface area contributed by atoms with Gasteiger partial charge >= 0.3 is 0 Å². The predicted molar refractivity (Wildman–Crippen MR) is 87.8 cm³/mol. The van der Waals surface area contributed by atoms with Crippen molar-refractivity contribution < 1.29 is 4.21 Å². The lowest BCUT2D eigenvalue weighted by Gasteiger charge is -2.14. The zero-order valence-corrected chi connectivity index (χ0v) is 13.6. The Kier molecular flexibility index (Phi) is 4.93. The maximum Gasteiger partial charge on any atom is 0.223 e. The lowest BCUT2D eigenvalue weighted by molar-refractivity contribution is 0.678. The van der Waals surface area contributed by atoms with Crippen LogP contribution >= 0.6 is 11.3 Å². The van der Waals surface area contributed by atoms with Gasteiger partial charge in [-0.3, -0.25) is 4.21 Å². The molecule has 0 amide bonds. The fourth-order valence-electron chi connectivity index (χ4n) is 1.92. The van der Waals surface area contributed by atoms with Crippen molar-refractivity contribution in [3.63, 3.8) is 0 Å². The number of aryl methyl sites for hydroxylation is 1. The minimum absolute atomic E-state index is 0.196. The van der Waals surface area contributed by atoms with Gasteiger partial charge in [0.05, 0.1) is 5.39 Å². The van der Waals surface area contributed by atoms with E-state index in [9.17, 15) is 4.21 Å². The van der Waals surface area contributed by atoms with E-state index >= 15 is 0 Å². The third-order valence-electron chi connectivity index (χ3n) is 3.03. The second-order valence-corrected chi connectivity index (χ2v) is 7.50. The number of fused-ring (bicyclic) bond motifs is 1. The molecule has 0 spiro atoms. The molecule has 2 atom stereocenters. The van der Waals surface area contributed by atoms with Crippen LogP contribution < -0.4 is 11.1 Å². The van der Waals surface area contributed by atoms with Crippen LogP contribution in [0.5, 0.6) is 0 Å². The maximum atomic E-state index is 11.1. The number of thiophene rings is 1. The maximum absolute atomic E-state index is 11.1. The van der Waals surface area contributed by atoms with Crippen molar-refractivity contribution in [2.24, 2.45) is 0 Å². The van der Waals surface area contributed by atoms with Crippen LogP contribution in [0.4, 0.5) is 11.8 Å². The number of nitrogens with two attached hydrogens (primary N) is 1. The van der Waals surface area contributed by atoms with E-state index in [2.05, 4.69) is 35.2 Å². The molecule has 5 nitrogen and oxygen atoms in total. The van der Waals surface area contributed by atoms with Gasteiger partial charge < -0.3 is 11.1 Å². The molecule has 0 fully saturated rings. The van der Waals surface area contributed by atoms with Gasteiger partial charge in [-0.25, -0.2) is 4.98 Å². The lowest BCUT2D eigenvalue weighted by Crippen LogP contribution is -2.19. The molecule has 0 aliphatic carbocycles. The number of hydrogen-bond donors (Lipinski definition) is 2. The van der Waals surface area contributed by atoms with E-state index in [1.54, 1.807) is 17.6 Å². The molecule has 0 aromatic carbocycles. The van der Waals surface area contributed by atoms with Crippen molar-refractivity contribution in [3.8, 4) is 0 Å². The largest absolute Gasteiger partial charge is 0.368 e. The molecule has 0 aliphatic heterocycles. The minimum Gasteiger partial charge on any atom is -0.368 e. The number of nitrogens with one attached hydrogen (secondary N) is 1. The van der Waals surface area contributed by atoms with Gasteiger partial charge in [-0.15, -0.1) is 11.3 Å². The van der Waals surface area contributed by atoms with Crippen LogP contribution in [0.15, 0.2) is 6.07 Å². The van der Waals surface area contributed by atoms with Crippen molar-refractivity contribution in [3.05, 3.63) is 10.9 Å². The molecule has 2 unspecified atom stereocenters. The fraction of sp³-hybridized carbons (Fsp3) is 0.538. The highest BCUT2D eigenvalue weighted by atomic mass is 32.2. The van der Waals surface area contributed by atoms with Crippen LogP contribution in [0.25, 0.3) is 10.2 Å². The Balaban J connectivity index is 2.24. The first-order valence-electron chi connectivity index (χ1n) is 6.62. The summed E-state index contributed by atoms with van der Waals surface area (Å²) in [5.74, 6) is 1.75. The number of aromatic nitrogens is 2. The Morgan fingerprint density at radius 2 is 2.25 bits per heavy atom. The highest BCUT2D eigenvalue weighted by molar-refractivity contribution is 7.84. The number of hydrogen-bond acceptors (Lipinski definition) is 6. The molecular weight excluding hydrogens is 292 g/mol. The van der Waals surface area contributed by atoms with E-state index in [1.807, 2.05) is 0 Å². The van der Waals surface area contributed by atoms with Crippen molar-refractivity contribution in [2.45, 2.75) is 32.7 Å². The summed E-state index contributed by atoms with van der Waals surface area (Å²) >= 11 is 1.65. The smallest absolute Gasteiger partial charge is 0.223 e. The zero-order valence-electron chi connectivity index (χ0n) is 12.0. The summed E-state index contributed by atoms with van der Waals surface area (Å²) in [7, 11) is -0.768. The average Bonchev–Trinajstić information content (AvgIpc) is 2.79. The highest BCUT2D eigenvalue weighted by Gasteiger charge is 2.12. The standard InChI is InChI=1S/C13H20N4OS2/c1-4-9-7-10-11(15-8(2)5-6-20(3)18)16-13(14)17-12(10)19-9/h7-8H,4-6H2,1-3H3,(H3,14,15,16,17). The molecule has 2 aromatic heterocycles. The minimum atomic E-state index is -0.768. The predicted octanol–water partition coefficient (Wildman–Crippen LogP) is 2.40. The molecule has 2 heterocycles. The SMILES string of the molecule is CCc1cc2c(NC(C)CCS(C)=O)nc(N)nc2s1. The van der Waals surface area contributed by atoms with E-state index < -0.39 is 10.8 Å². The van der Waals surface area contributed by atoms with E-state index in [-0.39, 0.29) is 12.0 Å². The molecule has 7 heteroatoms. The van der Waals surface area contributed by atoms with Gasteiger partial charge in [-0.2, -0.15) is 4.98 Å². The Labute approximate surface area is 125 Å². The number of nitrogen functional groups attached to an aromatic ring is 1. The summed E-state index contributed by atoms with van der Waals surface area (Å²) < 4.78 is 11.1. The second-order valence-electron chi connectivity index (χ2n) is 4.83. The van der Waals surface area contributed by atoms with Crippen LogP contribution in [0.3, 0.4) is 0 Å². The monoisotopic (exact) mass is 312 g/mol. The van der Waals surface area contributed by atoms with Crippen LogP contribution in [-0.2, 0) is 17.2 Å². The molecule has 0 saturated heterocycles. The molecule has 110 valence electrons. The molecular formula is C13H20N4OS2. The van der Waals surface area contributed by atoms with Crippen LogP contribution in [0.2, 0.25) is 0 Å². The van der Waals surface area contributed by atoms with Gasteiger partial charge in [0.2, 0.25) is 5.95 Å². The summed E-state index contributed by atoms with van der Waals surface area (Å²) in [5, 5.41) is 4.38. The third-order valence-corrected chi connectivity index (χ3v) is 5.01. The number of anilines is 2. The van der Waals surface area contributed by atoms with Crippen molar-refractivity contribution in [1.82, 2.24) is 9.97 Å². The number of rotatable bonds is 6. The Hall–Kier alpha value is -1.21. The molecule has 0 saturated carbocycles. The van der Waals surface area contributed by atoms with Gasteiger partial charge in [0, 0.05) is 33.7 Å². The molecule has 2 aromatic rings. The van der Waals surface area contributed by atoms with E-state index in [0.717, 1.165) is 28.9 Å². The van der Waals surface area contributed by atoms with E-state index in [4.69, 9.17) is 5.73 Å². The normalized spacial score (nSPS) is 14.3. The van der Waals surface area contributed by atoms with Crippen molar-refractivity contribution >= 4 is 44.1 Å². The first kappa shape index (κ1) is 15.2. The summed E-state index contributed by atoms with van der Waals surface area (Å²) in [6.45, 7) is 4.18. The molecule has 3 N–H and O–H groups in total. The average molecular weight is 312 g/mol. The van der Waals surface area contributed by atoms with Crippen molar-refractivity contribution in [1.29, 1.82) is 0 Å². The van der Waals surface area contributed by atoms with Gasteiger partial charge in [0.1, 0.15) is 10.6 Å². The fourth-order valence-corrected chi connectivity index (χ4v) is 3.58. The first-order chi connectivity index (χ1) is 9.49. The van der Waals surface area contributed by atoms with Crippen LogP contribution in [0, 0.1) is 0 Å². The van der Waals surface area contributed by atoms with E-state index in [0.29, 0.717) is 5.75 Å². The molecule has 2 rings (SSSR count). The van der Waals surface area contributed by atoms with Gasteiger partial charge in [-0.05, 0) is 25.8 Å². The molecule has 20 heavy (non-hydrogen) atoms. The van der Waals surface area contributed by atoms with Gasteiger partial charge in [-0.1, -0.05) is 6.92 Å². The van der Waals surface area contributed by atoms with Crippen molar-refractivity contribution in [2.75, 3.05) is 23.1 Å². The zero-order chi connectivity index (χ0) is 14.7. The van der Waals surface area contributed by atoms with Gasteiger partial charge in [0.25, 0.3) is 0 Å². The lowest BCUT2D eigenvalue weighted by atomic mass is 10.2. The Morgan fingerprint density at radius 1 is 1.50 bits per heavy atom. The summed E-state index contributed by atoms with van der Waals surface area (Å²) in [5.41, 5.74) is 5.77. The first-order valence-corrected chi connectivity index (χ1v) is 9.16. The van der Waals surface area contributed by atoms with Crippen LogP contribution in [0.1, 0.15) is 25.1 Å². The van der Waals surface area contributed by atoms with Gasteiger partial charge in [0.15, 0.2) is 0 Å². The Morgan fingerprint density at radius 3 is 2.90 bits per heavy atom.